The van der Waals surface area contributed by atoms with Crippen molar-refractivity contribution >= 4 is 39.6 Å². The smallest absolute Gasteiger partial charge is 0.141 e. The van der Waals surface area contributed by atoms with E-state index >= 15 is 0 Å². The van der Waals surface area contributed by atoms with Gasteiger partial charge in [-0.15, -0.1) is 0 Å². The highest BCUT2D eigenvalue weighted by molar-refractivity contribution is 6.31. The van der Waals surface area contributed by atoms with E-state index in [1.165, 1.54) is 6.07 Å². The van der Waals surface area contributed by atoms with E-state index in [0.717, 1.165) is 22.3 Å². The maximum absolute atomic E-state index is 13.2. The molecule has 0 radical (unpaired) electrons. The number of nitrogens with zero attached hydrogens (tertiary/aromatic N) is 1. The van der Waals surface area contributed by atoms with Crippen molar-refractivity contribution in [3.8, 4) is 0 Å². The van der Waals surface area contributed by atoms with Crippen LogP contribution in [0.1, 0.15) is 5.69 Å². The molecule has 5 heteroatoms. The molecular formula is C16H13ClFN3. The molecule has 2 aromatic carbocycles. The minimum absolute atomic E-state index is 0.0783. The lowest BCUT2D eigenvalue weighted by Gasteiger charge is -2.12. The number of aryl methyl sites for hydroxylation is 1. The van der Waals surface area contributed by atoms with Gasteiger partial charge in [0.05, 0.1) is 10.5 Å². The van der Waals surface area contributed by atoms with E-state index in [1.807, 2.05) is 31.2 Å². The summed E-state index contributed by atoms with van der Waals surface area (Å²) in [6.45, 7) is 1.92. The van der Waals surface area contributed by atoms with E-state index in [0.29, 0.717) is 11.4 Å². The lowest BCUT2D eigenvalue weighted by molar-refractivity contribution is 0.628. The second-order valence-electron chi connectivity index (χ2n) is 4.84. The van der Waals surface area contributed by atoms with Crippen molar-refractivity contribution in [3.05, 3.63) is 59.0 Å². The maximum atomic E-state index is 13.2. The minimum Gasteiger partial charge on any atom is -0.399 e. The predicted octanol–water partition coefficient (Wildman–Crippen LogP) is 4.66. The summed E-state index contributed by atoms with van der Waals surface area (Å²) in [5, 5.41) is 4.22. The van der Waals surface area contributed by atoms with Crippen LogP contribution in [0.15, 0.2) is 42.5 Å². The van der Waals surface area contributed by atoms with Gasteiger partial charge in [0.1, 0.15) is 5.82 Å². The second kappa shape index (κ2) is 5.22. The molecule has 0 aliphatic rings. The average molecular weight is 302 g/mol. The first kappa shape index (κ1) is 13.6. The molecule has 0 aliphatic heterocycles. The summed E-state index contributed by atoms with van der Waals surface area (Å²) in [6, 6.07) is 12.0. The molecule has 106 valence electrons. The van der Waals surface area contributed by atoms with Crippen LogP contribution in [-0.4, -0.2) is 4.98 Å². The third-order valence-electron chi connectivity index (χ3n) is 3.16. The zero-order chi connectivity index (χ0) is 15.0. The fraction of sp³-hybridized carbons (Fsp3) is 0.0625. The molecule has 0 unspecified atom stereocenters. The highest BCUT2D eigenvalue weighted by atomic mass is 35.5. The summed E-state index contributed by atoms with van der Waals surface area (Å²) in [5.74, 6) is -0.442. The Morgan fingerprint density at radius 3 is 2.71 bits per heavy atom. The molecule has 0 saturated heterocycles. The number of hydrogen-bond donors (Lipinski definition) is 2. The van der Waals surface area contributed by atoms with Crippen LogP contribution in [0, 0.1) is 12.7 Å². The number of fused-ring (bicyclic) bond motifs is 1. The summed E-state index contributed by atoms with van der Waals surface area (Å²) in [5.41, 5.74) is 9.79. The van der Waals surface area contributed by atoms with Crippen molar-refractivity contribution in [2.75, 3.05) is 11.1 Å². The first-order valence-corrected chi connectivity index (χ1v) is 6.80. The molecule has 1 aromatic heterocycles. The lowest BCUT2D eigenvalue weighted by atomic mass is 10.1. The van der Waals surface area contributed by atoms with Crippen molar-refractivity contribution in [1.29, 1.82) is 0 Å². The van der Waals surface area contributed by atoms with Gasteiger partial charge in [-0.2, -0.15) is 0 Å². The Morgan fingerprint density at radius 1 is 1.14 bits per heavy atom. The average Bonchev–Trinajstić information content (AvgIpc) is 2.43. The topological polar surface area (TPSA) is 50.9 Å². The Labute approximate surface area is 126 Å². The van der Waals surface area contributed by atoms with Crippen LogP contribution in [0.5, 0.6) is 0 Å². The van der Waals surface area contributed by atoms with Crippen molar-refractivity contribution in [2.45, 2.75) is 6.92 Å². The van der Waals surface area contributed by atoms with Crippen LogP contribution in [0.2, 0.25) is 5.02 Å². The number of nitrogen functional groups attached to an aromatic ring is 1. The molecule has 0 amide bonds. The molecule has 3 nitrogen and oxygen atoms in total. The second-order valence-corrected chi connectivity index (χ2v) is 5.25. The predicted molar refractivity (Wildman–Crippen MR) is 85.6 cm³/mol. The van der Waals surface area contributed by atoms with E-state index in [9.17, 15) is 4.39 Å². The zero-order valence-electron chi connectivity index (χ0n) is 11.3. The molecule has 0 saturated carbocycles. The van der Waals surface area contributed by atoms with Gasteiger partial charge in [0, 0.05) is 28.1 Å². The van der Waals surface area contributed by atoms with Gasteiger partial charge in [0.15, 0.2) is 0 Å². The molecule has 0 spiro atoms. The normalized spacial score (nSPS) is 10.8. The van der Waals surface area contributed by atoms with Gasteiger partial charge in [0.25, 0.3) is 0 Å². The van der Waals surface area contributed by atoms with E-state index in [4.69, 9.17) is 17.3 Å². The first-order valence-electron chi connectivity index (χ1n) is 6.42. The van der Waals surface area contributed by atoms with E-state index in [2.05, 4.69) is 10.3 Å². The maximum Gasteiger partial charge on any atom is 0.141 e. The highest BCUT2D eigenvalue weighted by Gasteiger charge is 2.07. The van der Waals surface area contributed by atoms with Gasteiger partial charge in [-0.1, -0.05) is 11.6 Å². The Bertz CT molecular complexity index is 833. The number of nitrogens with one attached hydrogen (secondary N) is 1. The monoisotopic (exact) mass is 301 g/mol. The van der Waals surface area contributed by atoms with E-state index in [1.54, 1.807) is 12.1 Å². The van der Waals surface area contributed by atoms with Gasteiger partial charge < -0.3 is 11.1 Å². The number of halogens is 2. The van der Waals surface area contributed by atoms with Gasteiger partial charge in [-0.25, -0.2) is 4.39 Å². The van der Waals surface area contributed by atoms with Crippen LogP contribution < -0.4 is 11.1 Å². The quantitative estimate of drug-likeness (QED) is 0.677. The van der Waals surface area contributed by atoms with Gasteiger partial charge in [-0.05, 0) is 49.4 Å². The SMILES string of the molecule is Cc1cc(Nc2ccc(F)c(Cl)c2)c2cc(N)ccc2n1. The molecule has 0 atom stereocenters. The third-order valence-corrected chi connectivity index (χ3v) is 3.45. The van der Waals surface area contributed by atoms with Gasteiger partial charge in [0.2, 0.25) is 0 Å². The summed E-state index contributed by atoms with van der Waals surface area (Å²) < 4.78 is 13.2. The molecular weight excluding hydrogens is 289 g/mol. The lowest BCUT2D eigenvalue weighted by Crippen LogP contribution is -1.96. The first-order chi connectivity index (χ1) is 10.0. The van der Waals surface area contributed by atoms with E-state index in [-0.39, 0.29) is 5.02 Å². The van der Waals surface area contributed by atoms with Crippen LogP contribution >= 0.6 is 11.6 Å². The van der Waals surface area contributed by atoms with Crippen LogP contribution in [-0.2, 0) is 0 Å². The number of benzene rings is 2. The van der Waals surface area contributed by atoms with Crippen molar-refractivity contribution in [1.82, 2.24) is 4.98 Å². The number of anilines is 3. The third kappa shape index (κ3) is 2.76. The summed E-state index contributed by atoms with van der Waals surface area (Å²) in [7, 11) is 0. The summed E-state index contributed by atoms with van der Waals surface area (Å²) in [6.07, 6.45) is 0. The molecule has 0 aliphatic carbocycles. The van der Waals surface area contributed by atoms with Crippen LogP contribution in [0.4, 0.5) is 21.5 Å². The van der Waals surface area contributed by atoms with Gasteiger partial charge >= 0.3 is 0 Å². The highest BCUT2D eigenvalue weighted by Crippen LogP contribution is 2.29. The van der Waals surface area contributed by atoms with Crippen molar-refractivity contribution < 1.29 is 4.39 Å². The fourth-order valence-corrected chi connectivity index (χ4v) is 2.39. The largest absolute Gasteiger partial charge is 0.399 e. The summed E-state index contributed by atoms with van der Waals surface area (Å²) >= 11 is 5.81. The number of nitrogens with two attached hydrogens (primary N) is 1. The Morgan fingerprint density at radius 2 is 1.95 bits per heavy atom. The van der Waals surface area contributed by atoms with E-state index < -0.39 is 5.82 Å². The Balaban J connectivity index is 2.10. The van der Waals surface area contributed by atoms with Gasteiger partial charge in [-0.3, -0.25) is 4.98 Å². The fourth-order valence-electron chi connectivity index (χ4n) is 2.21. The number of hydrogen-bond acceptors (Lipinski definition) is 3. The Hall–Kier alpha value is -2.33. The number of aromatic nitrogens is 1. The molecule has 0 fully saturated rings. The Kier molecular flexibility index (Phi) is 3.39. The standard InChI is InChI=1S/C16H13ClFN3/c1-9-6-16(12-7-10(19)2-5-15(12)20-9)21-11-3-4-14(18)13(17)8-11/h2-8H,19H2,1H3,(H,20,21). The molecule has 3 N–H and O–H groups in total. The number of rotatable bonds is 2. The molecule has 21 heavy (non-hydrogen) atoms. The number of pyridine rings is 1. The summed E-state index contributed by atoms with van der Waals surface area (Å²) in [4.78, 5) is 4.47. The van der Waals surface area contributed by atoms with Crippen LogP contribution in [0.3, 0.4) is 0 Å². The van der Waals surface area contributed by atoms with Crippen molar-refractivity contribution in [3.63, 3.8) is 0 Å². The van der Waals surface area contributed by atoms with Crippen LogP contribution in [0.25, 0.3) is 10.9 Å². The molecule has 1 heterocycles. The molecule has 3 rings (SSSR count). The van der Waals surface area contributed by atoms with Crippen molar-refractivity contribution in [2.24, 2.45) is 0 Å². The molecule has 3 aromatic rings. The zero-order valence-corrected chi connectivity index (χ0v) is 12.1. The molecule has 0 bridgehead atoms. The minimum atomic E-state index is -0.442.